The number of fused-ring (bicyclic) bond motifs is 1. The Morgan fingerprint density at radius 1 is 1.04 bits per heavy atom. The van der Waals surface area contributed by atoms with Gasteiger partial charge in [-0.1, -0.05) is 30.3 Å². The van der Waals surface area contributed by atoms with Gasteiger partial charge in [0.05, 0.1) is 6.61 Å². The van der Waals surface area contributed by atoms with E-state index < -0.39 is 0 Å². The van der Waals surface area contributed by atoms with Gasteiger partial charge in [-0.15, -0.1) is 5.10 Å². The van der Waals surface area contributed by atoms with Crippen molar-refractivity contribution in [3.05, 3.63) is 60.4 Å². The summed E-state index contributed by atoms with van der Waals surface area (Å²) < 4.78 is 7.33. The first kappa shape index (κ1) is 16.5. The van der Waals surface area contributed by atoms with Crippen molar-refractivity contribution >= 4 is 17.4 Å². The maximum atomic E-state index is 12.3. The Kier molecular flexibility index (Phi) is 4.79. The smallest absolute Gasteiger partial charge is 0.248 e. The number of carbonyl (C=O) groups excluding carboxylic acids is 1. The normalized spacial score (nSPS) is 14.8. The molecule has 3 heterocycles. The molecular formula is C19H21N5O2. The molecule has 1 aliphatic rings. The topological polar surface area (TPSA) is 63.0 Å². The molecule has 7 nitrogen and oxygen atoms in total. The molecule has 3 aromatic rings. The highest BCUT2D eigenvalue weighted by Gasteiger charge is 2.22. The van der Waals surface area contributed by atoms with Crippen LogP contribution in [0, 0.1) is 0 Å². The second kappa shape index (κ2) is 7.53. The summed E-state index contributed by atoms with van der Waals surface area (Å²) in [5.74, 6) is 0.946. The third kappa shape index (κ3) is 3.67. The number of rotatable bonds is 5. The summed E-state index contributed by atoms with van der Waals surface area (Å²) >= 11 is 0. The van der Waals surface area contributed by atoms with Gasteiger partial charge in [0, 0.05) is 38.6 Å². The summed E-state index contributed by atoms with van der Waals surface area (Å²) in [6.07, 6.45) is 3.57. The Morgan fingerprint density at radius 3 is 2.65 bits per heavy atom. The summed E-state index contributed by atoms with van der Waals surface area (Å²) in [5, 5.41) is 4.56. The number of benzene rings is 1. The number of ether oxygens (including phenoxy) is 1. The third-order valence-corrected chi connectivity index (χ3v) is 4.53. The molecule has 2 aromatic heterocycles. The minimum atomic E-state index is 0.0404. The lowest BCUT2D eigenvalue weighted by atomic mass is 10.2. The van der Waals surface area contributed by atoms with E-state index in [1.165, 1.54) is 0 Å². The van der Waals surface area contributed by atoms with Crippen molar-refractivity contribution < 1.29 is 9.53 Å². The number of hydrogen-bond acceptors (Lipinski definition) is 5. The van der Waals surface area contributed by atoms with Gasteiger partial charge in [0.25, 0.3) is 0 Å². The molecular weight excluding hydrogens is 330 g/mol. The Morgan fingerprint density at radius 2 is 1.85 bits per heavy atom. The molecule has 4 rings (SSSR count). The van der Waals surface area contributed by atoms with Gasteiger partial charge < -0.3 is 14.5 Å². The summed E-state index contributed by atoms with van der Waals surface area (Å²) in [7, 11) is 0. The minimum Gasteiger partial charge on any atom is -0.367 e. The van der Waals surface area contributed by atoms with Crippen LogP contribution in [0.25, 0.3) is 5.65 Å². The second-order valence-corrected chi connectivity index (χ2v) is 6.27. The van der Waals surface area contributed by atoms with E-state index in [-0.39, 0.29) is 12.5 Å². The van der Waals surface area contributed by atoms with Gasteiger partial charge >= 0.3 is 0 Å². The number of piperazine rings is 1. The van der Waals surface area contributed by atoms with Crippen LogP contribution in [0.5, 0.6) is 0 Å². The number of amides is 1. The van der Waals surface area contributed by atoms with Gasteiger partial charge in [-0.2, -0.15) is 0 Å². The second-order valence-electron chi connectivity index (χ2n) is 6.27. The first-order chi connectivity index (χ1) is 12.8. The SMILES string of the molecule is O=C(COCc1ccccc1)N1CCN(c2ccc3nccn3n2)CC1. The van der Waals surface area contributed by atoms with Crippen molar-refractivity contribution in [2.45, 2.75) is 6.61 Å². The number of aromatic nitrogens is 3. The van der Waals surface area contributed by atoms with Crippen LogP contribution in [0.15, 0.2) is 54.9 Å². The van der Waals surface area contributed by atoms with Gasteiger partial charge in [-0.25, -0.2) is 9.50 Å². The molecule has 1 aromatic carbocycles. The molecule has 0 spiro atoms. The largest absolute Gasteiger partial charge is 0.367 e. The zero-order valence-corrected chi connectivity index (χ0v) is 14.5. The van der Waals surface area contributed by atoms with E-state index in [2.05, 4.69) is 15.0 Å². The molecule has 7 heteroatoms. The lowest BCUT2D eigenvalue weighted by Gasteiger charge is -2.35. The molecule has 1 fully saturated rings. The summed E-state index contributed by atoms with van der Waals surface area (Å²) in [4.78, 5) is 20.6. The highest BCUT2D eigenvalue weighted by Crippen LogP contribution is 2.14. The van der Waals surface area contributed by atoms with Crippen molar-refractivity contribution in [1.29, 1.82) is 0 Å². The van der Waals surface area contributed by atoms with E-state index in [1.807, 2.05) is 53.6 Å². The molecule has 1 aliphatic heterocycles. The van der Waals surface area contributed by atoms with E-state index in [0.29, 0.717) is 19.7 Å². The summed E-state index contributed by atoms with van der Waals surface area (Å²) in [6.45, 7) is 3.46. The molecule has 0 aliphatic carbocycles. The maximum absolute atomic E-state index is 12.3. The third-order valence-electron chi connectivity index (χ3n) is 4.53. The monoisotopic (exact) mass is 351 g/mol. The molecule has 1 saturated heterocycles. The molecule has 0 atom stereocenters. The Balaban J connectivity index is 1.26. The van der Waals surface area contributed by atoms with Crippen LogP contribution < -0.4 is 4.90 Å². The molecule has 1 amide bonds. The van der Waals surface area contributed by atoms with Crippen LogP contribution in [0.2, 0.25) is 0 Å². The first-order valence-electron chi connectivity index (χ1n) is 8.74. The van der Waals surface area contributed by atoms with Crippen molar-refractivity contribution in [1.82, 2.24) is 19.5 Å². The molecule has 134 valence electrons. The van der Waals surface area contributed by atoms with Gasteiger partial charge in [-0.3, -0.25) is 4.79 Å². The fourth-order valence-corrected chi connectivity index (χ4v) is 3.08. The highest BCUT2D eigenvalue weighted by atomic mass is 16.5. The van der Waals surface area contributed by atoms with E-state index in [1.54, 1.807) is 10.7 Å². The Labute approximate surface area is 151 Å². The van der Waals surface area contributed by atoms with Crippen molar-refractivity contribution in [2.75, 3.05) is 37.7 Å². The van der Waals surface area contributed by atoms with Crippen molar-refractivity contribution in [3.63, 3.8) is 0 Å². The highest BCUT2D eigenvalue weighted by molar-refractivity contribution is 5.77. The van der Waals surface area contributed by atoms with Crippen LogP contribution in [0.1, 0.15) is 5.56 Å². The molecule has 0 saturated carbocycles. The number of hydrogen-bond donors (Lipinski definition) is 0. The predicted molar refractivity (Wildman–Crippen MR) is 97.9 cm³/mol. The van der Waals surface area contributed by atoms with Gasteiger partial charge in [0.15, 0.2) is 5.65 Å². The van der Waals surface area contributed by atoms with Crippen LogP contribution in [-0.2, 0) is 16.1 Å². The van der Waals surface area contributed by atoms with E-state index in [4.69, 9.17) is 4.74 Å². The lowest BCUT2D eigenvalue weighted by molar-refractivity contribution is -0.136. The molecule has 0 radical (unpaired) electrons. The average molecular weight is 351 g/mol. The summed E-state index contributed by atoms with van der Waals surface area (Å²) in [5.41, 5.74) is 1.91. The zero-order valence-electron chi connectivity index (χ0n) is 14.5. The lowest BCUT2D eigenvalue weighted by Crippen LogP contribution is -2.50. The Hall–Kier alpha value is -2.93. The maximum Gasteiger partial charge on any atom is 0.248 e. The number of carbonyl (C=O) groups is 1. The number of anilines is 1. The van der Waals surface area contributed by atoms with Crippen LogP contribution in [-0.4, -0.2) is 58.2 Å². The van der Waals surface area contributed by atoms with Gasteiger partial charge in [0.2, 0.25) is 5.91 Å². The van der Waals surface area contributed by atoms with E-state index in [9.17, 15) is 4.79 Å². The van der Waals surface area contributed by atoms with Gasteiger partial charge in [0.1, 0.15) is 12.4 Å². The zero-order chi connectivity index (χ0) is 17.8. The molecule has 0 N–H and O–H groups in total. The van der Waals surface area contributed by atoms with E-state index in [0.717, 1.165) is 30.1 Å². The standard InChI is InChI=1S/C19H21N5O2/c25-19(15-26-14-16-4-2-1-3-5-16)23-12-10-22(11-13-23)18-7-6-17-20-8-9-24(17)21-18/h1-9H,10-15H2. The summed E-state index contributed by atoms with van der Waals surface area (Å²) in [6, 6.07) is 13.8. The van der Waals surface area contributed by atoms with Crippen LogP contribution >= 0.6 is 0 Å². The molecule has 0 unspecified atom stereocenters. The molecule has 26 heavy (non-hydrogen) atoms. The quantitative estimate of drug-likeness (QED) is 0.699. The van der Waals surface area contributed by atoms with E-state index >= 15 is 0 Å². The fraction of sp³-hybridized carbons (Fsp3) is 0.316. The van der Waals surface area contributed by atoms with Crippen LogP contribution in [0.3, 0.4) is 0 Å². The number of imidazole rings is 1. The Bertz CT molecular complexity index is 872. The minimum absolute atomic E-state index is 0.0404. The van der Waals surface area contributed by atoms with Gasteiger partial charge in [-0.05, 0) is 17.7 Å². The van der Waals surface area contributed by atoms with Crippen LogP contribution in [0.4, 0.5) is 5.82 Å². The number of nitrogens with zero attached hydrogens (tertiary/aromatic N) is 5. The van der Waals surface area contributed by atoms with Crippen molar-refractivity contribution in [2.24, 2.45) is 0 Å². The fourth-order valence-electron chi connectivity index (χ4n) is 3.08. The molecule has 0 bridgehead atoms. The van der Waals surface area contributed by atoms with Crippen molar-refractivity contribution in [3.8, 4) is 0 Å². The predicted octanol–water partition coefficient (Wildman–Crippen LogP) is 1.59. The average Bonchev–Trinajstić information content (AvgIpc) is 3.17. The first-order valence-corrected chi connectivity index (χ1v) is 8.74.